The van der Waals surface area contributed by atoms with Gasteiger partial charge < -0.3 is 5.32 Å². The molecule has 1 aromatic heterocycles. The van der Waals surface area contributed by atoms with E-state index in [0.717, 1.165) is 16.9 Å². The summed E-state index contributed by atoms with van der Waals surface area (Å²) in [6, 6.07) is 11.5. The van der Waals surface area contributed by atoms with Crippen LogP contribution < -0.4 is 10.5 Å². The fourth-order valence-corrected chi connectivity index (χ4v) is 4.19. The summed E-state index contributed by atoms with van der Waals surface area (Å²) in [7, 11) is -3.96. The molecule has 0 fully saturated rings. The van der Waals surface area contributed by atoms with Crippen molar-refractivity contribution in [1.29, 1.82) is 0 Å². The average Bonchev–Trinajstić information content (AvgIpc) is 3.10. The van der Waals surface area contributed by atoms with E-state index in [0.29, 0.717) is 22.8 Å². The van der Waals surface area contributed by atoms with Crippen molar-refractivity contribution >= 4 is 50.5 Å². The Morgan fingerprint density at radius 1 is 1.15 bits per heavy atom. The third-order valence-corrected chi connectivity index (χ3v) is 6.08. The van der Waals surface area contributed by atoms with Gasteiger partial charge in [0.1, 0.15) is 4.90 Å². The number of benzene rings is 2. The van der Waals surface area contributed by atoms with Crippen molar-refractivity contribution < 1.29 is 13.2 Å². The predicted octanol–water partition coefficient (Wildman–Crippen LogP) is 3.69. The summed E-state index contributed by atoms with van der Waals surface area (Å²) in [4.78, 5) is 16.4. The third kappa shape index (κ3) is 4.85. The van der Waals surface area contributed by atoms with E-state index in [-0.39, 0.29) is 20.8 Å². The first kappa shape index (κ1) is 19.8. The fraction of sp³-hybridized carbons (Fsp3) is 0.0588. The molecule has 0 radical (unpaired) electrons. The van der Waals surface area contributed by atoms with Crippen molar-refractivity contribution in [3.8, 4) is 11.3 Å². The van der Waals surface area contributed by atoms with Crippen molar-refractivity contribution in [2.75, 3.05) is 0 Å². The molecule has 3 N–H and O–H groups in total. The largest absolute Gasteiger partial charge is 0.346 e. The van der Waals surface area contributed by atoms with Crippen LogP contribution in [0.3, 0.4) is 0 Å². The van der Waals surface area contributed by atoms with Gasteiger partial charge in [0.2, 0.25) is 10.0 Å². The normalized spacial score (nSPS) is 11.4. The maximum atomic E-state index is 12.3. The number of carbonyl (C=O) groups excluding carboxylic acids is 1. The zero-order valence-corrected chi connectivity index (χ0v) is 16.8. The van der Waals surface area contributed by atoms with E-state index < -0.39 is 10.0 Å². The van der Waals surface area contributed by atoms with Crippen molar-refractivity contribution in [2.24, 2.45) is 5.14 Å². The number of hydrogen-bond donors (Lipinski definition) is 2. The predicted molar refractivity (Wildman–Crippen MR) is 107 cm³/mol. The highest BCUT2D eigenvalue weighted by atomic mass is 35.5. The molecule has 2 aromatic carbocycles. The summed E-state index contributed by atoms with van der Waals surface area (Å²) in [5, 5.41) is 10.5. The van der Waals surface area contributed by atoms with Gasteiger partial charge in [-0.15, -0.1) is 11.3 Å². The van der Waals surface area contributed by atoms with E-state index in [9.17, 15) is 13.2 Å². The Morgan fingerprint density at radius 2 is 1.85 bits per heavy atom. The number of rotatable bonds is 5. The van der Waals surface area contributed by atoms with Crippen LogP contribution in [0.4, 0.5) is 0 Å². The Bertz CT molecular complexity index is 1100. The molecule has 27 heavy (non-hydrogen) atoms. The van der Waals surface area contributed by atoms with Crippen LogP contribution in [0.5, 0.6) is 0 Å². The molecule has 0 aliphatic heterocycles. The topological polar surface area (TPSA) is 102 Å². The molecule has 10 heteroatoms. The van der Waals surface area contributed by atoms with Crippen LogP contribution in [0.1, 0.15) is 15.4 Å². The first-order valence-electron chi connectivity index (χ1n) is 7.55. The van der Waals surface area contributed by atoms with Crippen LogP contribution in [-0.4, -0.2) is 19.3 Å². The minimum absolute atomic E-state index is 0.0254. The molecule has 0 saturated carbocycles. The fourth-order valence-electron chi connectivity index (χ4n) is 2.25. The lowest BCUT2D eigenvalue weighted by Gasteiger charge is -2.04. The minimum Gasteiger partial charge on any atom is -0.346 e. The molecular weight excluding hydrogens is 429 g/mol. The van der Waals surface area contributed by atoms with Crippen LogP contribution in [0, 0.1) is 0 Å². The van der Waals surface area contributed by atoms with Crippen molar-refractivity contribution in [3.63, 3.8) is 0 Å². The molecule has 0 saturated heterocycles. The molecule has 1 heterocycles. The average molecular weight is 442 g/mol. The van der Waals surface area contributed by atoms with Crippen molar-refractivity contribution in [2.45, 2.75) is 11.4 Å². The maximum absolute atomic E-state index is 12.3. The Balaban J connectivity index is 1.76. The number of halogens is 2. The van der Waals surface area contributed by atoms with Crippen LogP contribution in [0.25, 0.3) is 11.3 Å². The lowest BCUT2D eigenvalue weighted by atomic mass is 10.2. The smallest absolute Gasteiger partial charge is 0.280 e. The second-order valence-electron chi connectivity index (χ2n) is 5.54. The number of nitrogens with one attached hydrogen (secondary N) is 1. The van der Waals surface area contributed by atoms with Crippen molar-refractivity contribution in [1.82, 2.24) is 10.3 Å². The Morgan fingerprint density at radius 3 is 2.52 bits per heavy atom. The van der Waals surface area contributed by atoms with Gasteiger partial charge >= 0.3 is 0 Å². The van der Waals surface area contributed by atoms with Gasteiger partial charge in [-0.05, 0) is 29.8 Å². The van der Waals surface area contributed by atoms with Gasteiger partial charge in [-0.25, -0.2) is 18.5 Å². The summed E-state index contributed by atoms with van der Waals surface area (Å²) in [6.07, 6.45) is 0. The number of aromatic nitrogens is 1. The number of thiazole rings is 1. The number of nitrogens with two attached hydrogens (primary N) is 1. The zero-order valence-electron chi connectivity index (χ0n) is 13.6. The highest BCUT2D eigenvalue weighted by molar-refractivity contribution is 7.89. The van der Waals surface area contributed by atoms with E-state index >= 15 is 0 Å². The van der Waals surface area contributed by atoms with Crippen LogP contribution in [0.15, 0.2) is 52.7 Å². The number of sulfonamides is 1. The standard InChI is InChI=1S/C17H13Cl2N3O3S2/c18-12-4-1-10(2-5-12)8-21-16(23)17-22-14(9-26-17)11-3-6-13(19)15(7-11)27(20,24)25/h1-7,9H,8H2,(H,21,23)(H2,20,24,25). The maximum Gasteiger partial charge on any atom is 0.280 e. The summed E-state index contributed by atoms with van der Waals surface area (Å²) >= 11 is 12.9. The quantitative estimate of drug-likeness (QED) is 0.629. The van der Waals surface area contributed by atoms with E-state index in [2.05, 4.69) is 10.3 Å². The lowest BCUT2D eigenvalue weighted by molar-refractivity contribution is 0.0950. The van der Waals surface area contributed by atoms with E-state index in [1.807, 2.05) is 12.1 Å². The number of amides is 1. The number of carbonyl (C=O) groups is 1. The van der Waals surface area contributed by atoms with Crippen LogP contribution >= 0.6 is 34.5 Å². The number of hydrogen-bond acceptors (Lipinski definition) is 5. The lowest BCUT2D eigenvalue weighted by Crippen LogP contribution is -2.22. The summed E-state index contributed by atoms with van der Waals surface area (Å²) in [6.45, 7) is 0.335. The van der Waals surface area contributed by atoms with E-state index in [1.165, 1.54) is 12.1 Å². The summed E-state index contributed by atoms with van der Waals surface area (Å²) in [5.41, 5.74) is 1.86. The van der Waals surface area contributed by atoms with Crippen LogP contribution in [0.2, 0.25) is 10.0 Å². The molecule has 0 atom stereocenters. The molecule has 3 aromatic rings. The molecule has 0 spiro atoms. The minimum atomic E-state index is -3.96. The zero-order chi connectivity index (χ0) is 19.6. The first-order chi connectivity index (χ1) is 12.7. The first-order valence-corrected chi connectivity index (χ1v) is 10.7. The van der Waals surface area contributed by atoms with Gasteiger partial charge in [0.15, 0.2) is 5.01 Å². The third-order valence-electron chi connectivity index (χ3n) is 3.60. The van der Waals surface area contributed by atoms with Crippen molar-refractivity contribution in [3.05, 3.63) is 68.5 Å². The molecular formula is C17H13Cl2N3O3S2. The van der Waals surface area contributed by atoms with E-state index in [1.54, 1.807) is 23.6 Å². The molecule has 1 amide bonds. The number of nitrogens with zero attached hydrogens (tertiary/aromatic N) is 1. The highest BCUT2D eigenvalue weighted by Crippen LogP contribution is 2.28. The van der Waals surface area contributed by atoms with E-state index in [4.69, 9.17) is 28.3 Å². The molecule has 0 unspecified atom stereocenters. The van der Waals surface area contributed by atoms with Gasteiger partial charge in [0, 0.05) is 22.5 Å². The molecule has 0 aliphatic carbocycles. The number of primary sulfonamides is 1. The van der Waals surface area contributed by atoms with Gasteiger partial charge in [-0.3, -0.25) is 4.79 Å². The molecule has 0 bridgehead atoms. The molecule has 6 nitrogen and oxygen atoms in total. The Labute approximate surface area is 170 Å². The Kier molecular flexibility index (Phi) is 5.83. The monoisotopic (exact) mass is 441 g/mol. The van der Waals surface area contributed by atoms with Crippen LogP contribution in [-0.2, 0) is 16.6 Å². The van der Waals surface area contributed by atoms with Gasteiger partial charge in [-0.1, -0.05) is 41.4 Å². The molecule has 0 aliphatic rings. The highest BCUT2D eigenvalue weighted by Gasteiger charge is 2.17. The summed E-state index contributed by atoms with van der Waals surface area (Å²) in [5.74, 6) is -0.332. The molecule has 3 rings (SSSR count). The van der Waals surface area contributed by atoms with Gasteiger partial charge in [-0.2, -0.15) is 0 Å². The Hall–Kier alpha value is -1.97. The van der Waals surface area contributed by atoms with Gasteiger partial charge in [0.05, 0.1) is 10.7 Å². The van der Waals surface area contributed by atoms with Gasteiger partial charge in [0.25, 0.3) is 5.91 Å². The second-order valence-corrected chi connectivity index (χ2v) is 8.77. The summed E-state index contributed by atoms with van der Waals surface area (Å²) < 4.78 is 23.2. The molecule has 140 valence electrons. The SMILES string of the molecule is NS(=O)(=O)c1cc(-c2csc(C(=O)NCc3ccc(Cl)cc3)n2)ccc1Cl. The second kappa shape index (κ2) is 7.95.